The smallest absolute Gasteiger partial charge is 0.399 e. The molecular weight excluding hydrogens is 332 g/mol. The third-order valence-electron chi connectivity index (χ3n) is 4.98. The number of halogens is 3. The molecule has 0 saturated carbocycles. The van der Waals surface area contributed by atoms with E-state index < -0.39 is 30.1 Å². The molecule has 25 heavy (non-hydrogen) atoms. The van der Waals surface area contributed by atoms with Gasteiger partial charge in [-0.2, -0.15) is 18.3 Å². The van der Waals surface area contributed by atoms with Crippen LogP contribution in [-0.4, -0.2) is 28.1 Å². The van der Waals surface area contributed by atoms with Gasteiger partial charge in [0.15, 0.2) is 0 Å². The Balaban J connectivity index is 2.13. The molecule has 1 saturated heterocycles. The first-order valence-corrected chi connectivity index (χ1v) is 7.97. The maximum Gasteiger partial charge on any atom is 0.495 e. The van der Waals surface area contributed by atoms with Crippen LogP contribution >= 0.6 is 0 Å². The van der Waals surface area contributed by atoms with E-state index >= 15 is 0 Å². The average Bonchev–Trinajstić information content (AvgIpc) is 2.98. The van der Waals surface area contributed by atoms with Crippen molar-refractivity contribution in [3.63, 3.8) is 0 Å². The minimum atomic E-state index is -4.43. The fourth-order valence-corrected chi connectivity index (χ4v) is 2.77. The second kappa shape index (κ2) is 5.61. The zero-order chi connectivity index (χ0) is 18.6. The molecule has 1 aromatic carbocycles. The third-order valence-corrected chi connectivity index (χ3v) is 4.98. The Labute approximate surface area is 145 Å². The molecule has 2 heterocycles. The summed E-state index contributed by atoms with van der Waals surface area (Å²) in [5.41, 5.74) is -0.364. The van der Waals surface area contributed by atoms with Crippen LogP contribution in [0.15, 0.2) is 30.5 Å². The van der Waals surface area contributed by atoms with Gasteiger partial charge in [-0.1, -0.05) is 12.1 Å². The summed E-state index contributed by atoms with van der Waals surface area (Å²) in [6.07, 6.45) is -2.88. The maximum absolute atomic E-state index is 13.2. The quantitative estimate of drug-likeness (QED) is 0.778. The molecule has 1 aliphatic rings. The van der Waals surface area contributed by atoms with Crippen molar-refractivity contribution >= 4 is 12.6 Å². The molecule has 0 amide bonds. The number of aryl methyl sites for hydroxylation is 1. The molecule has 0 radical (unpaired) electrons. The lowest BCUT2D eigenvalue weighted by atomic mass is 9.74. The van der Waals surface area contributed by atoms with Crippen molar-refractivity contribution in [3.8, 4) is 11.3 Å². The molecule has 1 fully saturated rings. The molecule has 1 aliphatic heterocycles. The standard InChI is InChI=1S/C17H20BF3N2O2/c1-15(2)16(3,4)25-18(24-15)13-7-6-11(17(19,20)21)10-12(13)14-8-9-22-23(14)5/h6-10H,1-5H3. The summed E-state index contributed by atoms with van der Waals surface area (Å²) in [6.45, 7) is 7.61. The molecule has 8 heteroatoms. The molecule has 2 aromatic rings. The van der Waals surface area contributed by atoms with Gasteiger partial charge in [-0.05, 0) is 45.3 Å². The van der Waals surface area contributed by atoms with Crippen molar-refractivity contribution in [2.24, 2.45) is 7.05 Å². The van der Waals surface area contributed by atoms with Crippen molar-refractivity contribution in [3.05, 3.63) is 36.0 Å². The van der Waals surface area contributed by atoms with Crippen LogP contribution < -0.4 is 5.46 Å². The third kappa shape index (κ3) is 3.09. The van der Waals surface area contributed by atoms with Gasteiger partial charge in [0.05, 0.1) is 22.5 Å². The maximum atomic E-state index is 13.2. The number of hydrogen-bond acceptors (Lipinski definition) is 3. The summed E-state index contributed by atoms with van der Waals surface area (Å²) in [4.78, 5) is 0. The van der Waals surface area contributed by atoms with Gasteiger partial charge in [-0.15, -0.1) is 0 Å². The van der Waals surface area contributed by atoms with E-state index in [4.69, 9.17) is 9.31 Å². The highest BCUT2D eigenvalue weighted by molar-refractivity contribution is 6.63. The monoisotopic (exact) mass is 352 g/mol. The summed E-state index contributed by atoms with van der Waals surface area (Å²) in [5, 5.41) is 4.06. The van der Waals surface area contributed by atoms with Crippen LogP contribution in [0.4, 0.5) is 13.2 Å². The number of alkyl halides is 3. The van der Waals surface area contributed by atoms with E-state index in [1.807, 2.05) is 27.7 Å². The van der Waals surface area contributed by atoms with Crippen LogP contribution in [0.5, 0.6) is 0 Å². The highest BCUT2D eigenvalue weighted by Gasteiger charge is 2.52. The first-order chi connectivity index (χ1) is 11.4. The highest BCUT2D eigenvalue weighted by Crippen LogP contribution is 2.38. The predicted octanol–water partition coefficient (Wildman–Crippen LogP) is 3.41. The summed E-state index contributed by atoms with van der Waals surface area (Å²) < 4.78 is 53.1. The van der Waals surface area contributed by atoms with Gasteiger partial charge in [0.1, 0.15) is 0 Å². The fourth-order valence-electron chi connectivity index (χ4n) is 2.77. The van der Waals surface area contributed by atoms with Crippen LogP contribution in [0.25, 0.3) is 11.3 Å². The first kappa shape index (κ1) is 18.0. The number of hydrogen-bond donors (Lipinski definition) is 0. The van der Waals surface area contributed by atoms with E-state index in [2.05, 4.69) is 5.10 Å². The number of benzene rings is 1. The molecule has 3 rings (SSSR count). The van der Waals surface area contributed by atoms with Crippen molar-refractivity contribution in [1.82, 2.24) is 9.78 Å². The number of aromatic nitrogens is 2. The Morgan fingerprint density at radius 2 is 1.64 bits per heavy atom. The molecule has 134 valence electrons. The largest absolute Gasteiger partial charge is 0.495 e. The minimum Gasteiger partial charge on any atom is -0.399 e. The van der Waals surface area contributed by atoms with Crippen LogP contribution in [0.1, 0.15) is 33.3 Å². The lowest BCUT2D eigenvalue weighted by Gasteiger charge is -2.32. The molecule has 0 N–H and O–H groups in total. The van der Waals surface area contributed by atoms with Crippen molar-refractivity contribution < 1.29 is 22.5 Å². The van der Waals surface area contributed by atoms with Gasteiger partial charge in [0.25, 0.3) is 0 Å². The van der Waals surface area contributed by atoms with E-state index in [1.165, 1.54) is 10.7 Å². The van der Waals surface area contributed by atoms with E-state index in [9.17, 15) is 13.2 Å². The van der Waals surface area contributed by atoms with Crippen LogP contribution in [0.3, 0.4) is 0 Å². The number of rotatable bonds is 2. The Bertz CT molecular complexity index is 783. The zero-order valence-electron chi connectivity index (χ0n) is 14.8. The van der Waals surface area contributed by atoms with Gasteiger partial charge in [0, 0.05) is 18.8 Å². The summed E-state index contributed by atoms with van der Waals surface area (Å²) >= 11 is 0. The molecule has 0 bridgehead atoms. The van der Waals surface area contributed by atoms with Gasteiger partial charge in [-0.25, -0.2) is 0 Å². The Hall–Kier alpha value is -1.80. The summed E-state index contributed by atoms with van der Waals surface area (Å²) in [7, 11) is 0.932. The Kier molecular flexibility index (Phi) is 4.04. The Morgan fingerprint density at radius 3 is 2.12 bits per heavy atom. The minimum absolute atomic E-state index is 0.397. The molecule has 0 spiro atoms. The lowest BCUT2D eigenvalue weighted by molar-refractivity contribution is -0.137. The summed E-state index contributed by atoms with van der Waals surface area (Å²) in [6, 6.07) is 5.27. The van der Waals surface area contributed by atoms with E-state index in [1.54, 1.807) is 19.3 Å². The van der Waals surface area contributed by atoms with Gasteiger partial charge >= 0.3 is 13.3 Å². The van der Waals surface area contributed by atoms with Crippen molar-refractivity contribution in [2.75, 3.05) is 0 Å². The number of nitrogens with zero attached hydrogens (tertiary/aromatic N) is 2. The second-order valence-electron chi connectivity index (χ2n) is 7.23. The molecule has 1 aromatic heterocycles. The van der Waals surface area contributed by atoms with Crippen LogP contribution in [0, 0.1) is 0 Å². The van der Waals surface area contributed by atoms with Gasteiger partial charge in [-0.3, -0.25) is 4.68 Å². The molecule has 4 nitrogen and oxygen atoms in total. The lowest BCUT2D eigenvalue weighted by Crippen LogP contribution is -2.41. The normalized spacial score (nSPS) is 19.4. The van der Waals surface area contributed by atoms with E-state index in [0.29, 0.717) is 16.7 Å². The summed E-state index contributed by atoms with van der Waals surface area (Å²) in [5.74, 6) is 0. The highest BCUT2D eigenvalue weighted by atomic mass is 19.4. The zero-order valence-corrected chi connectivity index (χ0v) is 14.8. The SMILES string of the molecule is Cn1nccc1-c1cc(C(F)(F)F)ccc1B1OC(C)(C)C(C)(C)O1. The molecular formula is C17H20BF3N2O2. The topological polar surface area (TPSA) is 36.3 Å². The van der Waals surface area contributed by atoms with Gasteiger partial charge in [0.2, 0.25) is 0 Å². The second-order valence-corrected chi connectivity index (χ2v) is 7.23. The fraction of sp³-hybridized carbons (Fsp3) is 0.471. The average molecular weight is 352 g/mol. The first-order valence-electron chi connectivity index (χ1n) is 7.97. The molecule has 0 unspecified atom stereocenters. The van der Waals surface area contributed by atoms with E-state index in [0.717, 1.165) is 12.1 Å². The predicted molar refractivity (Wildman–Crippen MR) is 89.4 cm³/mol. The molecule has 0 aliphatic carbocycles. The van der Waals surface area contributed by atoms with Crippen LogP contribution in [-0.2, 0) is 22.5 Å². The van der Waals surface area contributed by atoms with Crippen LogP contribution in [0.2, 0.25) is 0 Å². The van der Waals surface area contributed by atoms with Crippen molar-refractivity contribution in [2.45, 2.75) is 45.1 Å². The van der Waals surface area contributed by atoms with E-state index in [-0.39, 0.29) is 0 Å². The van der Waals surface area contributed by atoms with Crippen molar-refractivity contribution in [1.29, 1.82) is 0 Å². The molecule has 0 atom stereocenters. The van der Waals surface area contributed by atoms with Gasteiger partial charge < -0.3 is 9.31 Å². The Morgan fingerprint density at radius 1 is 1.04 bits per heavy atom.